The fourth-order valence-corrected chi connectivity index (χ4v) is 4.66. The first-order valence-electron chi connectivity index (χ1n) is 11.4. The zero-order valence-electron chi connectivity index (χ0n) is 18.8. The number of aliphatic hydroxyl groups is 1. The molecule has 3 saturated heterocycles. The van der Waals surface area contributed by atoms with Crippen molar-refractivity contribution in [3.8, 4) is 17.6 Å². The summed E-state index contributed by atoms with van der Waals surface area (Å²) in [6, 6.07) is 3.90. The number of nitrogens with one attached hydrogen (secondary N) is 1. The van der Waals surface area contributed by atoms with Crippen LogP contribution in [0.4, 0.5) is 8.78 Å². The average Bonchev–Trinajstić information content (AvgIpc) is 3.62. The molecule has 0 saturated carbocycles. The highest BCUT2D eigenvalue weighted by molar-refractivity contribution is 6.32. The van der Waals surface area contributed by atoms with Crippen LogP contribution in [0.5, 0.6) is 17.6 Å². The normalized spacial score (nSPS) is 27.5. The van der Waals surface area contributed by atoms with E-state index >= 15 is 0 Å². The van der Waals surface area contributed by atoms with Crippen molar-refractivity contribution in [1.82, 2.24) is 15.0 Å². The highest BCUT2D eigenvalue weighted by Gasteiger charge is 2.48. The van der Waals surface area contributed by atoms with Gasteiger partial charge in [-0.25, -0.2) is 8.78 Å². The lowest BCUT2D eigenvalue weighted by Crippen LogP contribution is -2.34. The number of H-pyrrole nitrogens is 1. The van der Waals surface area contributed by atoms with E-state index in [0.29, 0.717) is 25.2 Å². The Morgan fingerprint density at radius 3 is 2.64 bits per heavy atom. The number of hydrogen-bond acceptors (Lipinski definition) is 9. The number of ether oxygens (including phenoxy) is 6. The molecular formula is C23H22ClF2N3O7. The van der Waals surface area contributed by atoms with E-state index < -0.39 is 42.7 Å². The molecule has 2 N–H and O–H groups in total. The third kappa shape index (κ3) is 4.55. The van der Waals surface area contributed by atoms with E-state index in [0.717, 1.165) is 12.1 Å². The number of pyridine rings is 1. The van der Waals surface area contributed by atoms with Crippen molar-refractivity contribution < 1.29 is 42.3 Å². The molecule has 5 atom stereocenters. The molecule has 3 aliphatic rings. The van der Waals surface area contributed by atoms with Crippen molar-refractivity contribution in [3.63, 3.8) is 0 Å². The van der Waals surface area contributed by atoms with Crippen LogP contribution in [0.2, 0.25) is 5.02 Å². The fraction of sp³-hybridized carbons (Fsp3) is 0.478. The minimum Gasteiger partial charge on any atom is -0.488 e. The summed E-state index contributed by atoms with van der Waals surface area (Å²) < 4.78 is 62.5. The first kappa shape index (κ1) is 23.6. The summed E-state index contributed by atoms with van der Waals surface area (Å²) in [4.78, 5) is 11.5. The Morgan fingerprint density at radius 2 is 1.86 bits per heavy atom. The third-order valence-electron chi connectivity index (χ3n) is 6.28. The first-order chi connectivity index (χ1) is 17.4. The predicted molar refractivity (Wildman–Crippen MR) is 119 cm³/mol. The molecule has 3 aliphatic heterocycles. The van der Waals surface area contributed by atoms with E-state index in [1.54, 1.807) is 0 Å². The SMILES string of the molecule is O[C@@H]1CO[C@H]2C1OC[C@H]2Oc1nc2nc(OCc3c(F)cc(OC4CCOC4)cc3F)c(Cl)cc2[nH]1. The van der Waals surface area contributed by atoms with E-state index in [-0.39, 0.29) is 53.2 Å². The summed E-state index contributed by atoms with van der Waals surface area (Å²) >= 11 is 6.27. The van der Waals surface area contributed by atoms with Gasteiger partial charge in [-0.15, -0.1) is 0 Å². The first-order valence-corrected chi connectivity index (χ1v) is 11.8. The van der Waals surface area contributed by atoms with Crippen molar-refractivity contribution in [2.24, 2.45) is 0 Å². The lowest BCUT2D eigenvalue weighted by atomic mass is 10.1. The fourth-order valence-electron chi connectivity index (χ4n) is 4.45. The van der Waals surface area contributed by atoms with Crippen molar-refractivity contribution in [1.29, 1.82) is 0 Å². The number of imidazole rings is 1. The zero-order chi connectivity index (χ0) is 24.8. The number of aromatic amines is 1. The Morgan fingerprint density at radius 1 is 1.06 bits per heavy atom. The molecule has 192 valence electrons. The topological polar surface area (TPSA) is 117 Å². The van der Waals surface area contributed by atoms with Gasteiger partial charge in [0, 0.05) is 18.6 Å². The van der Waals surface area contributed by atoms with Gasteiger partial charge in [-0.1, -0.05) is 11.6 Å². The molecule has 0 bridgehead atoms. The van der Waals surface area contributed by atoms with Crippen LogP contribution in [0.15, 0.2) is 18.2 Å². The van der Waals surface area contributed by atoms with Gasteiger partial charge in [0.2, 0.25) is 5.88 Å². The highest BCUT2D eigenvalue weighted by Crippen LogP contribution is 2.32. The van der Waals surface area contributed by atoms with Gasteiger partial charge < -0.3 is 38.5 Å². The Kier molecular flexibility index (Phi) is 6.30. The van der Waals surface area contributed by atoms with Crippen molar-refractivity contribution in [3.05, 3.63) is 40.4 Å². The van der Waals surface area contributed by atoms with Crippen LogP contribution in [0.25, 0.3) is 11.2 Å². The van der Waals surface area contributed by atoms with Crippen LogP contribution in [-0.2, 0) is 20.8 Å². The van der Waals surface area contributed by atoms with Gasteiger partial charge in [-0.05, 0) is 6.07 Å². The minimum atomic E-state index is -0.812. The molecule has 13 heteroatoms. The standard InChI is InChI=1S/C23H22ClF2N3O7/c24-13-5-16-21(29-23(27-16)36-18-9-33-19-17(30)8-32-20(18)19)28-22(13)34-7-12-14(25)3-11(4-15(12)26)35-10-1-2-31-6-10/h3-5,10,17-20,30H,1-2,6-9H2,(H,27,28,29)/t10?,17-,18-,19?,20-/m1/s1. The van der Waals surface area contributed by atoms with Gasteiger partial charge in [0.25, 0.3) is 6.01 Å². The molecule has 0 spiro atoms. The number of hydrogen-bond donors (Lipinski definition) is 2. The molecule has 0 radical (unpaired) electrons. The molecule has 3 fully saturated rings. The second-order valence-corrected chi connectivity index (χ2v) is 9.17. The lowest BCUT2D eigenvalue weighted by Gasteiger charge is -2.15. The van der Waals surface area contributed by atoms with E-state index in [1.165, 1.54) is 6.07 Å². The number of benzene rings is 1. The van der Waals surface area contributed by atoms with Crippen LogP contribution in [0, 0.1) is 11.6 Å². The quantitative estimate of drug-likeness (QED) is 0.480. The van der Waals surface area contributed by atoms with Gasteiger partial charge in [-0.3, -0.25) is 0 Å². The lowest BCUT2D eigenvalue weighted by molar-refractivity contribution is 0.00706. The van der Waals surface area contributed by atoms with Crippen LogP contribution < -0.4 is 14.2 Å². The zero-order valence-corrected chi connectivity index (χ0v) is 19.5. The highest BCUT2D eigenvalue weighted by atomic mass is 35.5. The number of aliphatic hydroxyl groups excluding tert-OH is 1. The van der Waals surface area contributed by atoms with E-state index in [4.69, 9.17) is 40.0 Å². The van der Waals surface area contributed by atoms with Crippen LogP contribution in [0.1, 0.15) is 12.0 Å². The smallest absolute Gasteiger partial charge is 0.296 e. The third-order valence-corrected chi connectivity index (χ3v) is 6.55. The van der Waals surface area contributed by atoms with Crippen molar-refractivity contribution in [2.45, 2.75) is 43.5 Å². The van der Waals surface area contributed by atoms with E-state index in [2.05, 4.69) is 15.0 Å². The van der Waals surface area contributed by atoms with Gasteiger partial charge in [0.15, 0.2) is 11.8 Å². The second-order valence-electron chi connectivity index (χ2n) is 8.77. The average molecular weight is 526 g/mol. The minimum absolute atomic E-state index is 0.0454. The second kappa shape index (κ2) is 9.60. The Balaban J connectivity index is 1.14. The Hall–Kier alpha value is -2.77. The molecule has 5 heterocycles. The number of fused-ring (bicyclic) bond motifs is 2. The van der Waals surface area contributed by atoms with Gasteiger partial charge >= 0.3 is 0 Å². The number of rotatable bonds is 7. The molecule has 2 aromatic heterocycles. The molecule has 3 aromatic rings. The number of nitrogens with zero attached hydrogens (tertiary/aromatic N) is 2. The van der Waals surface area contributed by atoms with Crippen LogP contribution >= 0.6 is 11.6 Å². The van der Waals surface area contributed by atoms with Crippen molar-refractivity contribution in [2.75, 3.05) is 26.4 Å². The molecule has 6 rings (SSSR count). The summed E-state index contributed by atoms with van der Waals surface area (Å²) in [7, 11) is 0. The summed E-state index contributed by atoms with van der Waals surface area (Å²) in [5.41, 5.74) is 0.416. The molecule has 10 nitrogen and oxygen atoms in total. The molecular weight excluding hydrogens is 504 g/mol. The number of aromatic nitrogens is 3. The molecule has 0 amide bonds. The molecule has 0 aliphatic carbocycles. The largest absolute Gasteiger partial charge is 0.488 e. The molecule has 36 heavy (non-hydrogen) atoms. The Bertz CT molecular complexity index is 1250. The predicted octanol–water partition coefficient (Wildman–Crippen LogP) is 2.54. The summed E-state index contributed by atoms with van der Waals surface area (Å²) in [5, 5.41) is 9.99. The van der Waals surface area contributed by atoms with E-state index in [9.17, 15) is 13.9 Å². The van der Waals surface area contributed by atoms with Gasteiger partial charge in [-0.2, -0.15) is 9.97 Å². The summed E-state index contributed by atoms with van der Waals surface area (Å²) in [6.45, 7) is 0.907. The summed E-state index contributed by atoms with van der Waals surface area (Å²) in [6.07, 6.45) is -1.57. The molecule has 1 aromatic carbocycles. The summed E-state index contributed by atoms with van der Waals surface area (Å²) in [5.74, 6) is -1.58. The van der Waals surface area contributed by atoms with Gasteiger partial charge in [0.05, 0.1) is 37.5 Å². The Labute approximate surface area is 208 Å². The number of halogens is 3. The maximum absolute atomic E-state index is 14.6. The maximum atomic E-state index is 14.6. The van der Waals surface area contributed by atoms with Crippen molar-refractivity contribution >= 4 is 22.8 Å². The van der Waals surface area contributed by atoms with E-state index in [1.807, 2.05) is 0 Å². The molecule has 2 unspecified atom stereocenters. The van der Waals surface area contributed by atoms with Crippen LogP contribution in [-0.4, -0.2) is 77.0 Å². The van der Waals surface area contributed by atoms with Gasteiger partial charge in [0.1, 0.15) is 53.4 Å². The monoisotopic (exact) mass is 525 g/mol. The maximum Gasteiger partial charge on any atom is 0.296 e. The van der Waals surface area contributed by atoms with Crippen LogP contribution in [0.3, 0.4) is 0 Å².